The molecule has 3 N–H and O–H groups in total. The van der Waals surface area contributed by atoms with E-state index in [2.05, 4.69) is 27.5 Å². The molecule has 2 rings (SSSR count). The first-order chi connectivity index (χ1) is 12.9. The van der Waals surface area contributed by atoms with Crippen LogP contribution in [-0.4, -0.2) is 51.0 Å². The van der Waals surface area contributed by atoms with Gasteiger partial charge in [-0.1, -0.05) is 11.8 Å². The Morgan fingerprint density at radius 2 is 2.00 bits per heavy atom. The van der Waals surface area contributed by atoms with Gasteiger partial charge >= 0.3 is 6.18 Å². The Bertz CT molecular complexity index is 691. The Balaban J connectivity index is 0.00000392. The van der Waals surface area contributed by atoms with Crippen molar-refractivity contribution < 1.29 is 23.0 Å². The summed E-state index contributed by atoms with van der Waals surface area (Å²) in [5.74, 6) is 6.24. The number of nitrogens with zero attached hydrogens (tertiary/aromatic N) is 1. The molecular formula is C19H25F3IN3O2. The third kappa shape index (κ3) is 7.48. The van der Waals surface area contributed by atoms with Gasteiger partial charge in [0.15, 0.2) is 5.96 Å². The molecule has 1 heterocycles. The van der Waals surface area contributed by atoms with Gasteiger partial charge in [-0.15, -0.1) is 24.0 Å². The van der Waals surface area contributed by atoms with Crippen molar-refractivity contribution in [1.29, 1.82) is 0 Å². The molecule has 1 aromatic carbocycles. The number of alkyl halides is 3. The van der Waals surface area contributed by atoms with Crippen molar-refractivity contribution in [3.63, 3.8) is 0 Å². The van der Waals surface area contributed by atoms with Crippen molar-refractivity contribution in [2.24, 2.45) is 10.4 Å². The van der Waals surface area contributed by atoms with E-state index in [4.69, 9.17) is 4.74 Å². The molecule has 0 bridgehead atoms. The van der Waals surface area contributed by atoms with Crippen LogP contribution in [0.3, 0.4) is 0 Å². The molecule has 1 unspecified atom stereocenters. The highest BCUT2D eigenvalue weighted by Crippen LogP contribution is 2.31. The van der Waals surface area contributed by atoms with Crippen molar-refractivity contribution in [3.8, 4) is 11.8 Å². The predicted octanol–water partition coefficient (Wildman–Crippen LogP) is 2.63. The van der Waals surface area contributed by atoms with Gasteiger partial charge in [0.25, 0.3) is 0 Å². The van der Waals surface area contributed by atoms with Gasteiger partial charge in [-0.05, 0) is 37.1 Å². The van der Waals surface area contributed by atoms with Crippen molar-refractivity contribution in [2.45, 2.75) is 19.0 Å². The second-order valence-corrected chi connectivity index (χ2v) is 6.43. The molecule has 1 aliphatic rings. The first-order valence-electron chi connectivity index (χ1n) is 8.68. The number of aliphatic imine (C=N–C) groups is 1. The van der Waals surface area contributed by atoms with Crippen LogP contribution in [0.1, 0.15) is 24.0 Å². The zero-order valence-corrected chi connectivity index (χ0v) is 17.9. The molecule has 0 saturated carbocycles. The van der Waals surface area contributed by atoms with Crippen LogP contribution in [0, 0.1) is 17.3 Å². The maximum absolute atomic E-state index is 12.5. The molecule has 0 radical (unpaired) electrons. The van der Waals surface area contributed by atoms with Gasteiger partial charge < -0.3 is 20.5 Å². The molecule has 28 heavy (non-hydrogen) atoms. The van der Waals surface area contributed by atoms with E-state index in [1.165, 1.54) is 12.1 Å². The third-order valence-electron chi connectivity index (χ3n) is 4.47. The summed E-state index contributed by atoms with van der Waals surface area (Å²) in [5, 5.41) is 15.5. The topological polar surface area (TPSA) is 65.9 Å². The SMILES string of the molecule is CN=C(NCC#Cc1ccc(C(F)(F)F)cc1)NCC1(CCO)CCOC1.I. The summed E-state index contributed by atoms with van der Waals surface area (Å²) in [6, 6.07) is 4.73. The van der Waals surface area contributed by atoms with E-state index in [1.54, 1.807) is 7.05 Å². The molecule has 1 fully saturated rings. The fourth-order valence-corrected chi connectivity index (χ4v) is 2.82. The standard InChI is InChI=1S/C19H24F3N3O2.HI/c1-23-17(25-13-18(8-11-26)9-12-27-14-18)24-10-2-3-15-4-6-16(7-5-15)19(20,21)22;/h4-7,26H,8-14H2,1H3,(H2,23,24,25);1H. The van der Waals surface area contributed by atoms with Crippen molar-refractivity contribution in [3.05, 3.63) is 35.4 Å². The average molecular weight is 511 g/mol. The zero-order valence-electron chi connectivity index (χ0n) is 15.6. The molecule has 0 spiro atoms. The molecule has 1 saturated heterocycles. The molecule has 156 valence electrons. The third-order valence-corrected chi connectivity index (χ3v) is 4.47. The molecule has 9 heteroatoms. The van der Waals surface area contributed by atoms with E-state index in [0.29, 0.717) is 44.2 Å². The lowest BCUT2D eigenvalue weighted by Gasteiger charge is -2.27. The number of halogens is 4. The highest BCUT2D eigenvalue weighted by molar-refractivity contribution is 14.0. The van der Waals surface area contributed by atoms with Crippen LogP contribution in [0.5, 0.6) is 0 Å². The minimum Gasteiger partial charge on any atom is -0.396 e. The molecule has 5 nitrogen and oxygen atoms in total. The largest absolute Gasteiger partial charge is 0.416 e. The maximum Gasteiger partial charge on any atom is 0.416 e. The Labute approximate surface area is 180 Å². The summed E-state index contributed by atoms with van der Waals surface area (Å²) < 4.78 is 43.0. The van der Waals surface area contributed by atoms with Crippen LogP contribution >= 0.6 is 24.0 Å². The minimum absolute atomic E-state index is 0. The summed E-state index contributed by atoms with van der Waals surface area (Å²) in [4.78, 5) is 4.12. The van der Waals surface area contributed by atoms with E-state index < -0.39 is 11.7 Å². The molecule has 1 atom stereocenters. The number of ether oxygens (including phenoxy) is 1. The predicted molar refractivity (Wildman–Crippen MR) is 113 cm³/mol. The lowest BCUT2D eigenvalue weighted by atomic mass is 9.84. The smallest absolute Gasteiger partial charge is 0.396 e. The van der Waals surface area contributed by atoms with Gasteiger partial charge in [0.05, 0.1) is 18.7 Å². The van der Waals surface area contributed by atoms with E-state index >= 15 is 0 Å². The summed E-state index contributed by atoms with van der Waals surface area (Å²) >= 11 is 0. The van der Waals surface area contributed by atoms with Crippen molar-refractivity contribution >= 4 is 29.9 Å². The van der Waals surface area contributed by atoms with E-state index in [-0.39, 0.29) is 36.0 Å². The molecule has 0 aliphatic carbocycles. The Morgan fingerprint density at radius 1 is 1.29 bits per heavy atom. The van der Waals surface area contributed by atoms with Gasteiger partial charge in [0, 0.05) is 37.8 Å². The van der Waals surface area contributed by atoms with Crippen LogP contribution in [0.15, 0.2) is 29.3 Å². The van der Waals surface area contributed by atoms with Crippen molar-refractivity contribution in [2.75, 3.05) is 40.0 Å². The first kappa shape index (κ1) is 24.5. The Kier molecular flexibility index (Phi) is 10.1. The summed E-state index contributed by atoms with van der Waals surface area (Å²) in [6.45, 7) is 2.32. The molecule has 0 amide bonds. The summed E-state index contributed by atoms with van der Waals surface area (Å²) in [5.41, 5.74) is -0.278. The fourth-order valence-electron chi connectivity index (χ4n) is 2.82. The zero-order chi connectivity index (χ0) is 19.8. The number of aliphatic hydroxyl groups is 1. The van der Waals surface area contributed by atoms with Gasteiger partial charge in [0.1, 0.15) is 0 Å². The van der Waals surface area contributed by atoms with Crippen LogP contribution in [0.25, 0.3) is 0 Å². The lowest BCUT2D eigenvalue weighted by molar-refractivity contribution is -0.137. The molecular weight excluding hydrogens is 486 g/mol. The quantitative estimate of drug-likeness (QED) is 0.246. The highest BCUT2D eigenvalue weighted by Gasteiger charge is 2.34. The summed E-state index contributed by atoms with van der Waals surface area (Å²) in [7, 11) is 1.64. The maximum atomic E-state index is 12.5. The summed E-state index contributed by atoms with van der Waals surface area (Å²) in [6.07, 6.45) is -2.81. The van der Waals surface area contributed by atoms with Crippen LogP contribution in [-0.2, 0) is 10.9 Å². The number of nitrogens with one attached hydrogen (secondary N) is 2. The lowest BCUT2D eigenvalue weighted by Crippen LogP contribution is -2.44. The Morgan fingerprint density at radius 3 is 2.54 bits per heavy atom. The number of hydrogen-bond donors (Lipinski definition) is 3. The molecule has 1 aromatic rings. The molecule has 0 aromatic heterocycles. The van der Waals surface area contributed by atoms with Crippen LogP contribution in [0.4, 0.5) is 13.2 Å². The number of aliphatic hydroxyl groups excluding tert-OH is 1. The first-order valence-corrected chi connectivity index (χ1v) is 8.68. The van der Waals surface area contributed by atoms with E-state index in [1.807, 2.05) is 0 Å². The number of hydrogen-bond acceptors (Lipinski definition) is 3. The van der Waals surface area contributed by atoms with E-state index in [0.717, 1.165) is 18.6 Å². The number of benzene rings is 1. The van der Waals surface area contributed by atoms with Crippen LogP contribution < -0.4 is 10.6 Å². The minimum atomic E-state index is -4.34. The van der Waals surface area contributed by atoms with Crippen molar-refractivity contribution in [1.82, 2.24) is 10.6 Å². The van der Waals surface area contributed by atoms with Gasteiger partial charge in [-0.3, -0.25) is 4.99 Å². The molecule has 1 aliphatic heterocycles. The normalized spacial score (nSPS) is 19.4. The number of guanidine groups is 1. The van der Waals surface area contributed by atoms with Gasteiger partial charge in [-0.25, -0.2) is 0 Å². The highest BCUT2D eigenvalue weighted by atomic mass is 127. The average Bonchev–Trinajstić information content (AvgIpc) is 3.10. The second-order valence-electron chi connectivity index (χ2n) is 6.43. The van der Waals surface area contributed by atoms with E-state index in [9.17, 15) is 18.3 Å². The van der Waals surface area contributed by atoms with Gasteiger partial charge in [-0.2, -0.15) is 13.2 Å². The van der Waals surface area contributed by atoms with Gasteiger partial charge in [0.2, 0.25) is 0 Å². The fraction of sp³-hybridized carbons (Fsp3) is 0.526. The number of rotatable bonds is 5. The Hall–Kier alpha value is -1.51. The second kappa shape index (κ2) is 11.5. The van der Waals surface area contributed by atoms with Crippen LogP contribution in [0.2, 0.25) is 0 Å². The monoisotopic (exact) mass is 511 g/mol.